The predicted molar refractivity (Wildman–Crippen MR) is 66.7 cm³/mol. The molecule has 2 rings (SSSR count). The SMILES string of the molecule is Cc1sc(-c2cc(Cl)cc(Cl)c2)nc1N. The Bertz CT molecular complexity index is 468. The van der Waals surface area contributed by atoms with Crippen molar-refractivity contribution >= 4 is 40.4 Å². The molecular formula is C10H8Cl2N2S. The maximum atomic E-state index is 5.91. The quantitative estimate of drug-likeness (QED) is 0.840. The van der Waals surface area contributed by atoms with Crippen molar-refractivity contribution < 1.29 is 0 Å². The fourth-order valence-electron chi connectivity index (χ4n) is 1.21. The number of rotatable bonds is 1. The molecule has 15 heavy (non-hydrogen) atoms. The second-order valence-corrected chi connectivity index (χ2v) is 5.19. The van der Waals surface area contributed by atoms with Gasteiger partial charge in [0.25, 0.3) is 0 Å². The van der Waals surface area contributed by atoms with Gasteiger partial charge in [0.2, 0.25) is 0 Å². The molecule has 0 bridgehead atoms. The summed E-state index contributed by atoms with van der Waals surface area (Å²) in [5.41, 5.74) is 6.59. The normalized spacial score (nSPS) is 10.6. The number of anilines is 1. The fourth-order valence-corrected chi connectivity index (χ4v) is 2.55. The number of nitrogens with zero attached hydrogens (tertiary/aromatic N) is 1. The van der Waals surface area contributed by atoms with Gasteiger partial charge in [-0.3, -0.25) is 0 Å². The molecule has 2 N–H and O–H groups in total. The fraction of sp³-hybridized carbons (Fsp3) is 0.100. The number of nitrogen functional groups attached to an aromatic ring is 1. The molecule has 0 spiro atoms. The molecule has 0 atom stereocenters. The minimum Gasteiger partial charge on any atom is -0.383 e. The van der Waals surface area contributed by atoms with E-state index in [1.54, 1.807) is 6.07 Å². The summed E-state index contributed by atoms with van der Waals surface area (Å²) in [7, 11) is 0. The highest BCUT2D eigenvalue weighted by molar-refractivity contribution is 7.15. The van der Waals surface area contributed by atoms with Crippen LogP contribution in [-0.2, 0) is 0 Å². The van der Waals surface area contributed by atoms with Gasteiger partial charge in [-0.1, -0.05) is 23.2 Å². The zero-order valence-corrected chi connectivity index (χ0v) is 10.2. The number of halogens is 2. The number of nitrogens with two attached hydrogens (primary N) is 1. The smallest absolute Gasteiger partial charge is 0.138 e. The lowest BCUT2D eigenvalue weighted by Gasteiger charge is -1.98. The summed E-state index contributed by atoms with van der Waals surface area (Å²) >= 11 is 13.3. The van der Waals surface area contributed by atoms with Gasteiger partial charge in [-0.15, -0.1) is 11.3 Å². The predicted octanol–water partition coefficient (Wildman–Crippen LogP) is 4.01. The van der Waals surface area contributed by atoms with E-state index in [-0.39, 0.29) is 0 Å². The van der Waals surface area contributed by atoms with E-state index in [2.05, 4.69) is 4.98 Å². The van der Waals surface area contributed by atoms with Crippen LogP contribution in [0.4, 0.5) is 5.82 Å². The lowest BCUT2D eigenvalue weighted by Crippen LogP contribution is -1.86. The van der Waals surface area contributed by atoms with Crippen molar-refractivity contribution in [1.29, 1.82) is 0 Å². The molecule has 0 aliphatic rings. The minimum atomic E-state index is 0.561. The summed E-state index contributed by atoms with van der Waals surface area (Å²) < 4.78 is 0. The number of aromatic nitrogens is 1. The van der Waals surface area contributed by atoms with Crippen LogP contribution in [0.2, 0.25) is 10.0 Å². The first kappa shape index (κ1) is 10.7. The molecule has 0 radical (unpaired) electrons. The Kier molecular flexibility index (Phi) is 2.87. The molecule has 1 aromatic heterocycles. The maximum absolute atomic E-state index is 5.91. The summed E-state index contributed by atoms with van der Waals surface area (Å²) in [6.45, 7) is 1.93. The molecule has 5 heteroatoms. The first-order valence-corrected chi connectivity index (χ1v) is 5.83. The van der Waals surface area contributed by atoms with Gasteiger partial charge in [-0.25, -0.2) is 4.98 Å². The highest BCUT2D eigenvalue weighted by Crippen LogP contribution is 2.32. The number of benzene rings is 1. The third-order valence-electron chi connectivity index (χ3n) is 1.94. The van der Waals surface area contributed by atoms with Crippen molar-refractivity contribution in [2.24, 2.45) is 0 Å². The van der Waals surface area contributed by atoms with Crippen LogP contribution in [0.3, 0.4) is 0 Å². The Hall–Kier alpha value is -0.770. The van der Waals surface area contributed by atoms with Gasteiger partial charge >= 0.3 is 0 Å². The second kappa shape index (κ2) is 4.00. The van der Waals surface area contributed by atoms with Gasteiger partial charge in [0, 0.05) is 20.5 Å². The molecule has 0 unspecified atom stereocenters. The van der Waals surface area contributed by atoms with E-state index in [0.29, 0.717) is 15.9 Å². The summed E-state index contributed by atoms with van der Waals surface area (Å²) in [6, 6.07) is 5.34. The van der Waals surface area contributed by atoms with Crippen LogP contribution in [0.5, 0.6) is 0 Å². The molecule has 0 aliphatic carbocycles. The molecule has 0 aliphatic heterocycles. The first-order chi connectivity index (χ1) is 7.06. The highest BCUT2D eigenvalue weighted by atomic mass is 35.5. The molecule has 1 heterocycles. The average molecular weight is 259 g/mol. The number of hydrogen-bond acceptors (Lipinski definition) is 3. The van der Waals surface area contributed by atoms with Crippen molar-refractivity contribution in [1.82, 2.24) is 4.98 Å². The topological polar surface area (TPSA) is 38.9 Å². The van der Waals surface area contributed by atoms with Crippen molar-refractivity contribution in [3.8, 4) is 10.6 Å². The lowest BCUT2D eigenvalue weighted by molar-refractivity contribution is 1.39. The number of thiazole rings is 1. The minimum absolute atomic E-state index is 0.561. The Morgan fingerprint density at radius 2 is 1.80 bits per heavy atom. The number of aryl methyl sites for hydroxylation is 1. The van der Waals surface area contributed by atoms with Crippen molar-refractivity contribution in [2.45, 2.75) is 6.92 Å². The van der Waals surface area contributed by atoms with Crippen LogP contribution in [0.25, 0.3) is 10.6 Å². The van der Waals surface area contributed by atoms with Gasteiger partial charge in [0.15, 0.2) is 0 Å². The van der Waals surface area contributed by atoms with Crippen LogP contribution in [0.1, 0.15) is 4.88 Å². The van der Waals surface area contributed by atoms with E-state index < -0.39 is 0 Å². The molecule has 2 nitrogen and oxygen atoms in total. The van der Waals surface area contributed by atoms with E-state index in [4.69, 9.17) is 28.9 Å². The van der Waals surface area contributed by atoms with Crippen LogP contribution in [-0.4, -0.2) is 4.98 Å². The zero-order chi connectivity index (χ0) is 11.0. The Morgan fingerprint density at radius 1 is 1.20 bits per heavy atom. The Labute approximate surface area is 102 Å². The van der Waals surface area contributed by atoms with Crippen molar-refractivity contribution in [3.63, 3.8) is 0 Å². The number of hydrogen-bond donors (Lipinski definition) is 1. The van der Waals surface area contributed by atoms with E-state index in [1.807, 2.05) is 19.1 Å². The first-order valence-electron chi connectivity index (χ1n) is 4.25. The third kappa shape index (κ3) is 2.25. The van der Waals surface area contributed by atoms with Gasteiger partial charge in [-0.2, -0.15) is 0 Å². The molecule has 78 valence electrons. The monoisotopic (exact) mass is 258 g/mol. The van der Waals surface area contributed by atoms with Gasteiger partial charge in [0.05, 0.1) is 0 Å². The molecule has 0 saturated heterocycles. The largest absolute Gasteiger partial charge is 0.383 e. The zero-order valence-electron chi connectivity index (χ0n) is 7.92. The molecule has 0 saturated carbocycles. The molecule has 1 aromatic carbocycles. The van der Waals surface area contributed by atoms with E-state index in [0.717, 1.165) is 15.4 Å². The third-order valence-corrected chi connectivity index (χ3v) is 3.41. The van der Waals surface area contributed by atoms with Crippen molar-refractivity contribution in [3.05, 3.63) is 33.1 Å². The van der Waals surface area contributed by atoms with Crippen molar-refractivity contribution in [2.75, 3.05) is 5.73 Å². The van der Waals surface area contributed by atoms with E-state index in [9.17, 15) is 0 Å². The molecule has 2 aromatic rings. The van der Waals surface area contributed by atoms with E-state index in [1.165, 1.54) is 11.3 Å². The Balaban J connectivity index is 2.53. The summed E-state index contributed by atoms with van der Waals surface area (Å²) in [5, 5.41) is 2.04. The molecule has 0 amide bonds. The van der Waals surface area contributed by atoms with Crippen LogP contribution >= 0.6 is 34.5 Å². The summed E-state index contributed by atoms with van der Waals surface area (Å²) in [4.78, 5) is 5.24. The molecular weight excluding hydrogens is 251 g/mol. The molecule has 0 fully saturated rings. The van der Waals surface area contributed by atoms with E-state index >= 15 is 0 Å². The van der Waals surface area contributed by atoms with Crippen LogP contribution in [0.15, 0.2) is 18.2 Å². The standard InChI is InChI=1S/C10H8Cl2N2S/c1-5-9(13)14-10(15-5)6-2-7(11)4-8(12)3-6/h2-4H,13H2,1H3. The van der Waals surface area contributed by atoms with Crippen LogP contribution in [0, 0.1) is 6.92 Å². The lowest BCUT2D eigenvalue weighted by atomic mass is 10.2. The summed E-state index contributed by atoms with van der Waals surface area (Å²) in [5.74, 6) is 0.561. The van der Waals surface area contributed by atoms with Gasteiger partial charge in [-0.05, 0) is 25.1 Å². The maximum Gasteiger partial charge on any atom is 0.138 e. The van der Waals surface area contributed by atoms with Crippen LogP contribution < -0.4 is 5.73 Å². The Morgan fingerprint density at radius 3 is 2.27 bits per heavy atom. The van der Waals surface area contributed by atoms with Gasteiger partial charge < -0.3 is 5.73 Å². The second-order valence-electron chi connectivity index (χ2n) is 3.12. The van der Waals surface area contributed by atoms with Gasteiger partial charge in [0.1, 0.15) is 10.8 Å². The summed E-state index contributed by atoms with van der Waals surface area (Å²) in [6.07, 6.45) is 0. The highest BCUT2D eigenvalue weighted by Gasteiger charge is 2.08. The average Bonchev–Trinajstić information content (AvgIpc) is 2.45.